The van der Waals surface area contributed by atoms with Crippen LogP contribution >= 0.6 is 0 Å². The third-order valence-electron chi connectivity index (χ3n) is 2.89. The Morgan fingerprint density at radius 1 is 1.44 bits per heavy atom. The van der Waals surface area contributed by atoms with Gasteiger partial charge in [-0.15, -0.1) is 0 Å². The van der Waals surface area contributed by atoms with E-state index in [0.29, 0.717) is 12.4 Å². The van der Waals surface area contributed by atoms with Crippen LogP contribution in [0.1, 0.15) is 18.4 Å². The van der Waals surface area contributed by atoms with Crippen LogP contribution in [0.2, 0.25) is 0 Å². The molecule has 0 saturated heterocycles. The van der Waals surface area contributed by atoms with Crippen LogP contribution in [0.4, 0.5) is 0 Å². The molecule has 1 heterocycles. The first-order valence-corrected chi connectivity index (χ1v) is 6.27. The molecule has 5 heteroatoms. The van der Waals surface area contributed by atoms with Crippen molar-refractivity contribution in [3.8, 4) is 5.88 Å². The lowest BCUT2D eigenvalue weighted by atomic mass is 10.3. The van der Waals surface area contributed by atoms with Crippen molar-refractivity contribution in [1.82, 2.24) is 15.6 Å². The summed E-state index contributed by atoms with van der Waals surface area (Å²) in [6.07, 6.45) is 3.89. The zero-order chi connectivity index (χ0) is 12.8. The molecule has 0 atom stereocenters. The molecule has 98 valence electrons. The van der Waals surface area contributed by atoms with Crippen molar-refractivity contribution in [3.63, 3.8) is 0 Å². The van der Waals surface area contributed by atoms with Gasteiger partial charge in [-0.2, -0.15) is 0 Å². The van der Waals surface area contributed by atoms with Gasteiger partial charge in [0.2, 0.25) is 11.8 Å². The van der Waals surface area contributed by atoms with Crippen LogP contribution < -0.4 is 15.4 Å². The minimum absolute atomic E-state index is 0.197. The highest BCUT2D eigenvalue weighted by Crippen LogP contribution is 2.28. The van der Waals surface area contributed by atoms with Gasteiger partial charge in [-0.25, -0.2) is 4.98 Å². The molecule has 1 aliphatic carbocycles. The maximum atomic E-state index is 11.3. The van der Waals surface area contributed by atoms with Gasteiger partial charge in [0.05, 0.1) is 7.11 Å². The Labute approximate surface area is 107 Å². The van der Waals surface area contributed by atoms with Crippen molar-refractivity contribution in [2.24, 2.45) is 5.92 Å². The van der Waals surface area contributed by atoms with Crippen molar-refractivity contribution < 1.29 is 9.53 Å². The Hall–Kier alpha value is -1.62. The molecule has 0 aromatic carbocycles. The largest absolute Gasteiger partial charge is 0.481 e. The number of hydrogen-bond donors (Lipinski definition) is 2. The maximum Gasteiger partial charge on any atom is 0.223 e. The van der Waals surface area contributed by atoms with Crippen LogP contribution in [0.3, 0.4) is 0 Å². The van der Waals surface area contributed by atoms with Gasteiger partial charge in [0.25, 0.3) is 0 Å². The summed E-state index contributed by atoms with van der Waals surface area (Å²) in [6, 6.07) is 3.81. The summed E-state index contributed by atoms with van der Waals surface area (Å²) in [5.41, 5.74) is 1.10. The summed E-state index contributed by atoms with van der Waals surface area (Å²) in [6.45, 7) is 2.19. The van der Waals surface area contributed by atoms with Gasteiger partial charge in [-0.1, -0.05) is 6.07 Å². The quantitative estimate of drug-likeness (QED) is 0.698. The van der Waals surface area contributed by atoms with Crippen molar-refractivity contribution in [1.29, 1.82) is 0 Å². The van der Waals surface area contributed by atoms with Crippen LogP contribution in [0.25, 0.3) is 0 Å². The van der Waals surface area contributed by atoms with E-state index in [1.54, 1.807) is 13.3 Å². The van der Waals surface area contributed by atoms with E-state index in [0.717, 1.165) is 31.5 Å². The van der Waals surface area contributed by atoms with Gasteiger partial charge < -0.3 is 15.4 Å². The number of carbonyl (C=O) groups is 1. The second-order valence-electron chi connectivity index (χ2n) is 4.45. The fraction of sp³-hybridized carbons (Fsp3) is 0.538. The number of methoxy groups -OCH3 is 1. The Balaban J connectivity index is 1.57. The zero-order valence-electron chi connectivity index (χ0n) is 10.6. The molecule has 1 saturated carbocycles. The minimum Gasteiger partial charge on any atom is -0.481 e. The first-order chi connectivity index (χ1) is 8.79. The van der Waals surface area contributed by atoms with Gasteiger partial charge in [0.1, 0.15) is 0 Å². The summed E-state index contributed by atoms with van der Waals surface area (Å²) in [4.78, 5) is 15.5. The van der Waals surface area contributed by atoms with Crippen LogP contribution in [-0.4, -0.2) is 31.1 Å². The van der Waals surface area contributed by atoms with Crippen LogP contribution in [0, 0.1) is 5.92 Å². The second kappa shape index (κ2) is 6.35. The number of nitrogens with one attached hydrogen (secondary N) is 2. The predicted molar refractivity (Wildman–Crippen MR) is 68.2 cm³/mol. The van der Waals surface area contributed by atoms with Crippen molar-refractivity contribution in [2.75, 3.05) is 20.2 Å². The molecular formula is C13H19N3O2. The monoisotopic (exact) mass is 249 g/mol. The predicted octanol–water partition coefficient (Wildman–Crippen LogP) is 0.706. The Morgan fingerprint density at radius 2 is 2.28 bits per heavy atom. The number of carbonyl (C=O) groups excluding carboxylic acids is 1. The summed E-state index contributed by atoms with van der Waals surface area (Å²) in [5, 5.41) is 6.17. The summed E-state index contributed by atoms with van der Waals surface area (Å²) >= 11 is 0. The number of ether oxygens (including phenoxy) is 1. The molecule has 0 bridgehead atoms. The van der Waals surface area contributed by atoms with E-state index in [1.165, 1.54) is 0 Å². The molecule has 0 spiro atoms. The topological polar surface area (TPSA) is 63.2 Å². The third-order valence-corrected chi connectivity index (χ3v) is 2.89. The van der Waals surface area contributed by atoms with Gasteiger partial charge in [0, 0.05) is 37.8 Å². The Bertz CT molecular complexity index is 388. The van der Waals surface area contributed by atoms with Crippen molar-refractivity contribution in [3.05, 3.63) is 23.9 Å². The molecule has 0 aliphatic heterocycles. The molecule has 18 heavy (non-hydrogen) atoms. The van der Waals surface area contributed by atoms with Gasteiger partial charge in [0.15, 0.2) is 0 Å². The number of rotatable bonds is 7. The molecule has 0 radical (unpaired) electrons. The average Bonchev–Trinajstić information content (AvgIpc) is 3.23. The van der Waals surface area contributed by atoms with Crippen LogP contribution in [-0.2, 0) is 11.3 Å². The Morgan fingerprint density at radius 3 is 2.89 bits per heavy atom. The maximum absolute atomic E-state index is 11.3. The van der Waals surface area contributed by atoms with Gasteiger partial charge >= 0.3 is 0 Å². The number of hydrogen-bond acceptors (Lipinski definition) is 4. The third kappa shape index (κ3) is 4.00. The fourth-order valence-electron chi connectivity index (χ4n) is 1.63. The molecular weight excluding hydrogens is 230 g/mol. The molecule has 0 unspecified atom stereocenters. The minimum atomic E-state index is 0.197. The highest BCUT2D eigenvalue weighted by atomic mass is 16.5. The smallest absolute Gasteiger partial charge is 0.223 e. The summed E-state index contributed by atoms with van der Waals surface area (Å²) in [5.74, 6) is 1.11. The van der Waals surface area contributed by atoms with E-state index >= 15 is 0 Å². The molecule has 2 N–H and O–H groups in total. The molecule has 5 nitrogen and oxygen atoms in total. The van der Waals surface area contributed by atoms with E-state index in [4.69, 9.17) is 4.74 Å². The SMILES string of the molecule is COc1ccc(CNCCNC(=O)C2CC2)cn1. The van der Waals surface area contributed by atoms with E-state index in [-0.39, 0.29) is 11.8 Å². The average molecular weight is 249 g/mol. The lowest BCUT2D eigenvalue weighted by molar-refractivity contribution is -0.122. The zero-order valence-corrected chi connectivity index (χ0v) is 10.6. The fourth-order valence-corrected chi connectivity index (χ4v) is 1.63. The highest BCUT2D eigenvalue weighted by Gasteiger charge is 2.28. The highest BCUT2D eigenvalue weighted by molar-refractivity contribution is 5.80. The number of aromatic nitrogens is 1. The first kappa shape index (κ1) is 12.8. The first-order valence-electron chi connectivity index (χ1n) is 6.27. The second-order valence-corrected chi connectivity index (χ2v) is 4.45. The standard InChI is InChI=1S/C13H19N3O2/c1-18-12-5-2-10(9-16-12)8-14-6-7-15-13(17)11-3-4-11/h2,5,9,11,14H,3-4,6-8H2,1H3,(H,15,17). The molecule has 1 amide bonds. The molecule has 1 aromatic rings. The van der Waals surface area contributed by atoms with Crippen molar-refractivity contribution in [2.45, 2.75) is 19.4 Å². The molecule has 2 rings (SSSR count). The van der Waals surface area contributed by atoms with Gasteiger partial charge in [-0.05, 0) is 18.4 Å². The molecule has 1 aliphatic rings. The lowest BCUT2D eigenvalue weighted by Crippen LogP contribution is -2.32. The normalized spacial score (nSPS) is 14.3. The number of nitrogens with zero attached hydrogens (tertiary/aromatic N) is 1. The van der Waals surface area contributed by atoms with E-state index in [2.05, 4.69) is 15.6 Å². The van der Waals surface area contributed by atoms with Crippen molar-refractivity contribution >= 4 is 5.91 Å². The summed E-state index contributed by atoms with van der Waals surface area (Å²) in [7, 11) is 1.60. The van der Waals surface area contributed by atoms with E-state index < -0.39 is 0 Å². The van der Waals surface area contributed by atoms with Gasteiger partial charge in [-0.3, -0.25) is 4.79 Å². The molecule has 1 aromatic heterocycles. The molecule has 1 fully saturated rings. The summed E-state index contributed by atoms with van der Waals surface area (Å²) < 4.78 is 4.99. The van der Waals surface area contributed by atoms with E-state index in [1.807, 2.05) is 12.1 Å². The van der Waals surface area contributed by atoms with Crippen LogP contribution in [0.15, 0.2) is 18.3 Å². The van der Waals surface area contributed by atoms with E-state index in [9.17, 15) is 4.79 Å². The number of amides is 1. The lowest BCUT2D eigenvalue weighted by Gasteiger charge is -2.06. The Kier molecular flexibility index (Phi) is 4.52. The van der Waals surface area contributed by atoms with Crippen LogP contribution in [0.5, 0.6) is 5.88 Å². The number of pyridine rings is 1.